The Morgan fingerprint density at radius 1 is 0.939 bits per heavy atom. The Hall–Kier alpha value is -4.07. The number of benzene rings is 3. The monoisotopic (exact) mass is 725 g/mol. The maximum Gasteiger partial charge on any atom is 0.293 e. The minimum atomic E-state index is -0.539. The number of imide groups is 1. The number of carbonyl (C=O) groups excluding carboxylic acids is 3. The number of imidazole rings is 1. The summed E-state index contributed by atoms with van der Waals surface area (Å²) in [4.78, 5) is 49.1. The quantitative estimate of drug-likeness (QED) is 0.156. The van der Waals surface area contributed by atoms with E-state index in [0.29, 0.717) is 53.9 Å². The minimum absolute atomic E-state index is 0.0336. The molecule has 0 radical (unpaired) electrons. The fourth-order valence-corrected chi connectivity index (χ4v) is 7.17. The second-order valence-electron chi connectivity index (χ2n) is 11.6. The number of amides is 3. The van der Waals surface area contributed by atoms with Gasteiger partial charge in [0.25, 0.3) is 11.1 Å². The Morgan fingerprint density at radius 3 is 2.29 bits per heavy atom. The molecular formula is C35H31Cl2F2N5O4S. The topological polar surface area (TPSA) is 88.0 Å². The number of rotatable bonds is 11. The van der Waals surface area contributed by atoms with Crippen LogP contribution in [0.5, 0.6) is 0 Å². The molecule has 254 valence electrons. The number of carbonyl (C=O) groups is 3. The van der Waals surface area contributed by atoms with Gasteiger partial charge in [0.2, 0.25) is 5.91 Å². The fourth-order valence-electron chi connectivity index (χ4n) is 5.79. The van der Waals surface area contributed by atoms with Crippen LogP contribution in [-0.2, 0) is 20.9 Å². The molecule has 1 aromatic heterocycles. The molecule has 3 aromatic carbocycles. The molecule has 2 aliphatic heterocycles. The molecule has 2 fully saturated rings. The van der Waals surface area contributed by atoms with E-state index >= 15 is 0 Å². The number of aromatic nitrogens is 2. The number of nitrogens with zero attached hydrogens (tertiary/aromatic N) is 5. The van der Waals surface area contributed by atoms with Gasteiger partial charge >= 0.3 is 0 Å². The number of hydrogen-bond donors (Lipinski definition) is 0. The van der Waals surface area contributed by atoms with Crippen LogP contribution in [0.25, 0.3) is 6.08 Å². The lowest BCUT2D eigenvalue weighted by Gasteiger charge is -2.40. The molecule has 49 heavy (non-hydrogen) atoms. The molecule has 14 heteroatoms. The lowest BCUT2D eigenvalue weighted by Crippen LogP contribution is -2.52. The predicted molar refractivity (Wildman–Crippen MR) is 184 cm³/mol. The lowest BCUT2D eigenvalue weighted by atomic mass is 10.0. The Labute approximate surface area is 296 Å². The van der Waals surface area contributed by atoms with Gasteiger partial charge in [0.05, 0.1) is 23.8 Å². The second kappa shape index (κ2) is 15.6. The first-order chi connectivity index (χ1) is 23.6. The average Bonchev–Trinajstić information content (AvgIpc) is 3.70. The first kappa shape index (κ1) is 34.8. The van der Waals surface area contributed by atoms with Crippen molar-refractivity contribution in [2.45, 2.75) is 18.7 Å². The fraction of sp³-hybridized carbons (Fsp3) is 0.257. The molecule has 0 aliphatic carbocycles. The van der Waals surface area contributed by atoms with Crippen molar-refractivity contribution < 1.29 is 27.9 Å². The van der Waals surface area contributed by atoms with E-state index in [1.165, 1.54) is 41.3 Å². The van der Waals surface area contributed by atoms with Crippen molar-refractivity contribution in [1.29, 1.82) is 0 Å². The van der Waals surface area contributed by atoms with Crippen LogP contribution >= 0.6 is 35.0 Å². The van der Waals surface area contributed by atoms with Gasteiger partial charge in [-0.1, -0.05) is 53.5 Å². The molecule has 4 aromatic rings. The summed E-state index contributed by atoms with van der Waals surface area (Å²) in [5.74, 6) is -1.46. The van der Waals surface area contributed by atoms with Crippen molar-refractivity contribution >= 4 is 58.1 Å². The first-order valence-corrected chi connectivity index (χ1v) is 17.0. The Morgan fingerprint density at radius 2 is 1.63 bits per heavy atom. The molecule has 9 nitrogen and oxygen atoms in total. The zero-order chi connectivity index (χ0) is 34.5. The highest BCUT2D eigenvalue weighted by atomic mass is 35.5. The highest BCUT2D eigenvalue weighted by molar-refractivity contribution is 8.18. The number of ether oxygens (including phenoxy) is 1. The molecule has 0 bridgehead atoms. The molecule has 2 saturated heterocycles. The van der Waals surface area contributed by atoms with Gasteiger partial charge in [-0.2, -0.15) is 0 Å². The van der Waals surface area contributed by atoms with Crippen LogP contribution in [0.2, 0.25) is 10.0 Å². The van der Waals surface area contributed by atoms with E-state index < -0.39 is 34.9 Å². The molecule has 2 unspecified atom stereocenters. The van der Waals surface area contributed by atoms with Gasteiger partial charge in [-0.05, 0) is 65.4 Å². The third kappa shape index (κ3) is 8.57. The van der Waals surface area contributed by atoms with Crippen LogP contribution in [-0.4, -0.2) is 80.6 Å². The Bertz CT molecular complexity index is 1840. The smallest absolute Gasteiger partial charge is 0.293 e. The molecule has 6 rings (SSSR count). The molecule has 3 amide bonds. The number of hydrogen-bond acceptors (Lipinski definition) is 7. The maximum absolute atomic E-state index is 13.9. The van der Waals surface area contributed by atoms with Crippen LogP contribution in [0.3, 0.4) is 0 Å². The van der Waals surface area contributed by atoms with Crippen LogP contribution < -0.4 is 0 Å². The standard InChI is InChI=1S/C35H31Cl2F2N5O4S/c36-25-5-10-28(29(37)18-25)31(20-41-12-11-40-22-41)48-21-33(45)43-15-13-42(14-16-43)30(24-3-8-27(39)9-4-24)19-44-34(46)32(49-35(44)47)17-23-1-6-26(38)7-2-23/h1-12,17-18,22,30-31H,13-16,19-21H2/b32-17-. The number of piperazine rings is 1. The molecule has 2 atom stereocenters. The summed E-state index contributed by atoms with van der Waals surface area (Å²) in [6.07, 6.45) is 6.13. The van der Waals surface area contributed by atoms with Crippen LogP contribution in [0.1, 0.15) is 28.8 Å². The van der Waals surface area contributed by atoms with Crippen molar-refractivity contribution in [2.75, 3.05) is 39.3 Å². The predicted octanol–water partition coefficient (Wildman–Crippen LogP) is 6.85. The zero-order valence-corrected chi connectivity index (χ0v) is 28.4. The third-order valence-corrected chi connectivity index (χ3v) is 9.88. The second-order valence-corrected chi connectivity index (χ2v) is 13.4. The summed E-state index contributed by atoms with van der Waals surface area (Å²) < 4.78 is 35.2. The Balaban J connectivity index is 1.12. The highest BCUT2D eigenvalue weighted by Crippen LogP contribution is 2.35. The van der Waals surface area contributed by atoms with E-state index in [0.717, 1.165) is 17.3 Å². The van der Waals surface area contributed by atoms with Crippen LogP contribution in [0.4, 0.5) is 13.6 Å². The molecule has 0 saturated carbocycles. The van der Waals surface area contributed by atoms with Gasteiger partial charge in [0, 0.05) is 60.7 Å². The summed E-state index contributed by atoms with van der Waals surface area (Å²) in [7, 11) is 0. The molecule has 0 spiro atoms. The van der Waals surface area contributed by atoms with Gasteiger partial charge in [0.15, 0.2) is 0 Å². The Kier molecular flexibility index (Phi) is 11.1. The third-order valence-electron chi connectivity index (χ3n) is 8.41. The molecule has 3 heterocycles. The summed E-state index contributed by atoms with van der Waals surface area (Å²) in [5, 5.41) is 0.488. The average molecular weight is 727 g/mol. The summed E-state index contributed by atoms with van der Waals surface area (Å²) in [5.41, 5.74) is 2.02. The summed E-state index contributed by atoms with van der Waals surface area (Å²) in [6.45, 7) is 1.87. The maximum atomic E-state index is 13.9. The number of halogens is 4. The molecular weight excluding hydrogens is 695 g/mol. The molecule has 0 N–H and O–H groups in total. The van der Waals surface area contributed by atoms with Crippen LogP contribution in [0.15, 0.2) is 90.4 Å². The SMILES string of the molecule is O=C(COC(Cn1ccnc1)c1ccc(Cl)cc1Cl)N1CCN(C(CN2C(=O)S/C(=C\c3ccc(F)cc3)C2=O)c2ccc(F)cc2)CC1. The lowest BCUT2D eigenvalue weighted by molar-refractivity contribution is -0.140. The van der Waals surface area contributed by atoms with Gasteiger partial charge < -0.3 is 14.2 Å². The van der Waals surface area contributed by atoms with Crippen molar-refractivity contribution in [3.05, 3.63) is 129 Å². The van der Waals surface area contributed by atoms with Gasteiger partial charge in [-0.3, -0.25) is 24.2 Å². The van der Waals surface area contributed by atoms with E-state index in [1.807, 2.05) is 4.57 Å². The molecule has 2 aliphatic rings. The van der Waals surface area contributed by atoms with E-state index in [1.54, 1.807) is 60.0 Å². The summed E-state index contributed by atoms with van der Waals surface area (Å²) >= 11 is 13.4. The van der Waals surface area contributed by atoms with E-state index in [2.05, 4.69) is 9.88 Å². The number of thioether (sulfide) groups is 1. The van der Waals surface area contributed by atoms with E-state index in [9.17, 15) is 23.2 Å². The van der Waals surface area contributed by atoms with Crippen molar-refractivity contribution in [3.63, 3.8) is 0 Å². The van der Waals surface area contributed by atoms with Gasteiger partial charge in [0.1, 0.15) is 24.3 Å². The van der Waals surface area contributed by atoms with E-state index in [-0.39, 0.29) is 24.0 Å². The largest absolute Gasteiger partial charge is 0.362 e. The van der Waals surface area contributed by atoms with Crippen molar-refractivity contribution in [1.82, 2.24) is 24.3 Å². The van der Waals surface area contributed by atoms with Crippen molar-refractivity contribution in [3.8, 4) is 0 Å². The van der Waals surface area contributed by atoms with Gasteiger partial charge in [-0.15, -0.1) is 0 Å². The van der Waals surface area contributed by atoms with Gasteiger partial charge in [-0.25, -0.2) is 13.8 Å². The minimum Gasteiger partial charge on any atom is -0.362 e. The summed E-state index contributed by atoms with van der Waals surface area (Å²) in [6, 6.07) is 16.3. The van der Waals surface area contributed by atoms with Crippen molar-refractivity contribution in [2.24, 2.45) is 0 Å². The zero-order valence-electron chi connectivity index (χ0n) is 26.1. The normalized spacial score (nSPS) is 17.6. The van der Waals surface area contributed by atoms with E-state index in [4.69, 9.17) is 27.9 Å². The van der Waals surface area contributed by atoms with Crippen LogP contribution in [0, 0.1) is 11.6 Å². The first-order valence-electron chi connectivity index (χ1n) is 15.4. The highest BCUT2D eigenvalue weighted by Gasteiger charge is 2.39.